The fraction of sp³-hybridized carbons (Fsp3) is 0.186. The van der Waals surface area contributed by atoms with E-state index in [1.54, 1.807) is 4.80 Å². The SMILES string of the molecule is CCCN(Cc1ccc(-c2ccccc2-c2nnn(C(c3ccccc3)(c3ccccc3)c3ccccc3)n2)cc1)c1nc(C)c(C(=O)OCC)s1. The average molecular weight is 705 g/mol. The molecule has 52 heavy (non-hydrogen) atoms. The number of aryl methyl sites for hydroxylation is 1. The van der Waals surface area contributed by atoms with Crippen molar-refractivity contribution in [1.29, 1.82) is 0 Å². The highest BCUT2D eigenvalue weighted by molar-refractivity contribution is 7.17. The number of rotatable bonds is 13. The average Bonchev–Trinajstić information content (AvgIpc) is 3.84. The molecule has 0 unspecified atom stereocenters. The number of ether oxygens (including phenoxy) is 1. The molecule has 0 saturated carbocycles. The van der Waals surface area contributed by atoms with Gasteiger partial charge in [0.1, 0.15) is 4.88 Å². The first kappa shape index (κ1) is 34.5. The van der Waals surface area contributed by atoms with Gasteiger partial charge in [0.25, 0.3) is 0 Å². The number of anilines is 1. The Kier molecular flexibility index (Phi) is 10.3. The second-order valence-corrected chi connectivity index (χ2v) is 13.5. The summed E-state index contributed by atoms with van der Waals surface area (Å²) in [5, 5.41) is 15.5. The van der Waals surface area contributed by atoms with Crippen LogP contribution in [0.5, 0.6) is 0 Å². The first-order valence-corrected chi connectivity index (χ1v) is 18.4. The third kappa shape index (κ3) is 6.75. The van der Waals surface area contributed by atoms with Gasteiger partial charge in [-0.1, -0.05) is 158 Å². The summed E-state index contributed by atoms with van der Waals surface area (Å²) in [6, 6.07) is 47.9. The standard InChI is InChI=1S/C43H40N6O2S/c1-4-29-48(42-44-31(3)39(52-42)41(50)51-5-2)30-32-25-27-33(28-26-32)37-23-15-16-24-38(37)40-45-47-49(46-40)43(34-17-9-6-10-18-34,35-19-11-7-12-20-35)36-21-13-8-14-22-36/h6-28H,4-5,29-30H2,1-3H3. The highest BCUT2D eigenvalue weighted by atomic mass is 32.1. The molecule has 0 bridgehead atoms. The van der Waals surface area contributed by atoms with Crippen LogP contribution >= 0.6 is 11.3 Å². The van der Waals surface area contributed by atoms with Crippen molar-refractivity contribution in [2.24, 2.45) is 0 Å². The fourth-order valence-electron chi connectivity index (χ4n) is 6.70. The van der Waals surface area contributed by atoms with Crippen molar-refractivity contribution in [1.82, 2.24) is 25.2 Å². The van der Waals surface area contributed by atoms with Crippen molar-refractivity contribution >= 4 is 22.4 Å². The van der Waals surface area contributed by atoms with Gasteiger partial charge in [-0.15, -0.1) is 15.0 Å². The van der Waals surface area contributed by atoms with Crippen LogP contribution in [0, 0.1) is 6.92 Å². The van der Waals surface area contributed by atoms with Crippen LogP contribution in [-0.4, -0.2) is 44.3 Å². The molecule has 260 valence electrons. The quantitative estimate of drug-likeness (QED) is 0.0874. The lowest BCUT2D eigenvalue weighted by molar-refractivity contribution is 0.0531. The first-order valence-electron chi connectivity index (χ1n) is 17.6. The zero-order valence-electron chi connectivity index (χ0n) is 29.5. The molecule has 5 aromatic carbocycles. The van der Waals surface area contributed by atoms with E-state index in [1.165, 1.54) is 11.3 Å². The van der Waals surface area contributed by atoms with E-state index in [0.29, 0.717) is 29.5 Å². The van der Waals surface area contributed by atoms with Gasteiger partial charge in [-0.25, -0.2) is 9.78 Å². The van der Waals surface area contributed by atoms with E-state index in [4.69, 9.17) is 25.1 Å². The number of aromatic nitrogens is 5. The Hall–Kier alpha value is -5.93. The molecule has 0 aliphatic rings. The number of benzene rings is 5. The van der Waals surface area contributed by atoms with Crippen molar-refractivity contribution in [3.05, 3.63) is 172 Å². The summed E-state index contributed by atoms with van der Waals surface area (Å²) in [7, 11) is 0. The summed E-state index contributed by atoms with van der Waals surface area (Å²) in [4.78, 5) is 21.8. The molecular weight excluding hydrogens is 665 g/mol. The summed E-state index contributed by atoms with van der Waals surface area (Å²) in [6.07, 6.45) is 0.951. The number of carbonyl (C=O) groups is 1. The molecule has 0 spiro atoms. The molecule has 7 rings (SSSR count). The van der Waals surface area contributed by atoms with Crippen molar-refractivity contribution in [2.75, 3.05) is 18.1 Å². The van der Waals surface area contributed by atoms with E-state index in [1.807, 2.05) is 80.6 Å². The number of nitrogens with zero attached hydrogens (tertiary/aromatic N) is 6. The Balaban J connectivity index is 1.23. The van der Waals surface area contributed by atoms with E-state index in [-0.39, 0.29) is 5.97 Å². The van der Waals surface area contributed by atoms with Crippen LogP contribution in [0.1, 0.15) is 57.9 Å². The first-order chi connectivity index (χ1) is 25.5. The van der Waals surface area contributed by atoms with Crippen LogP contribution in [0.25, 0.3) is 22.5 Å². The zero-order valence-corrected chi connectivity index (χ0v) is 30.3. The number of thiazole rings is 1. The summed E-state index contributed by atoms with van der Waals surface area (Å²) in [5.74, 6) is 0.223. The summed E-state index contributed by atoms with van der Waals surface area (Å²) < 4.78 is 5.25. The minimum Gasteiger partial charge on any atom is -0.462 e. The monoisotopic (exact) mass is 704 g/mol. The molecule has 2 heterocycles. The lowest BCUT2D eigenvalue weighted by Crippen LogP contribution is -2.39. The van der Waals surface area contributed by atoms with Crippen LogP contribution < -0.4 is 4.90 Å². The lowest BCUT2D eigenvalue weighted by atomic mass is 9.77. The highest BCUT2D eigenvalue weighted by Gasteiger charge is 2.41. The van der Waals surface area contributed by atoms with Gasteiger partial charge in [0.05, 0.1) is 12.3 Å². The van der Waals surface area contributed by atoms with Gasteiger partial charge in [0.2, 0.25) is 5.82 Å². The molecule has 0 amide bonds. The van der Waals surface area contributed by atoms with Gasteiger partial charge in [-0.2, -0.15) is 0 Å². The lowest BCUT2D eigenvalue weighted by Gasteiger charge is -2.34. The van der Waals surface area contributed by atoms with Crippen molar-refractivity contribution in [2.45, 2.75) is 39.3 Å². The third-order valence-electron chi connectivity index (χ3n) is 9.10. The van der Waals surface area contributed by atoms with Gasteiger partial charge in [0.15, 0.2) is 10.7 Å². The summed E-state index contributed by atoms with van der Waals surface area (Å²) in [5.41, 5.74) is 7.02. The Morgan fingerprint density at radius 3 is 1.87 bits per heavy atom. The summed E-state index contributed by atoms with van der Waals surface area (Å²) in [6.45, 7) is 7.65. The predicted molar refractivity (Wildman–Crippen MR) is 207 cm³/mol. The normalized spacial score (nSPS) is 11.4. The van der Waals surface area contributed by atoms with Gasteiger partial charge in [0, 0.05) is 18.7 Å². The molecule has 0 radical (unpaired) electrons. The van der Waals surface area contributed by atoms with E-state index in [9.17, 15) is 4.79 Å². The van der Waals surface area contributed by atoms with E-state index in [2.05, 4.69) is 84.6 Å². The highest BCUT2D eigenvalue weighted by Crippen LogP contribution is 2.40. The Morgan fingerprint density at radius 1 is 0.750 bits per heavy atom. The zero-order chi connectivity index (χ0) is 35.9. The number of carbonyl (C=O) groups excluding carboxylic acids is 1. The van der Waals surface area contributed by atoms with Gasteiger partial charge < -0.3 is 9.64 Å². The second-order valence-electron chi connectivity index (χ2n) is 12.5. The van der Waals surface area contributed by atoms with Gasteiger partial charge >= 0.3 is 5.97 Å². The number of tetrazole rings is 1. The van der Waals surface area contributed by atoms with Crippen LogP contribution in [0.4, 0.5) is 5.13 Å². The van der Waals surface area contributed by atoms with Crippen LogP contribution in [-0.2, 0) is 16.8 Å². The fourth-order valence-corrected chi connectivity index (χ4v) is 7.69. The minimum absolute atomic E-state index is 0.316. The molecule has 0 atom stereocenters. The van der Waals surface area contributed by atoms with Crippen molar-refractivity contribution < 1.29 is 9.53 Å². The van der Waals surface area contributed by atoms with Crippen LogP contribution in [0.3, 0.4) is 0 Å². The van der Waals surface area contributed by atoms with Gasteiger partial charge in [-0.05, 0) is 58.9 Å². The molecule has 0 aliphatic heterocycles. The largest absolute Gasteiger partial charge is 0.462 e. The van der Waals surface area contributed by atoms with Crippen molar-refractivity contribution in [3.8, 4) is 22.5 Å². The molecular formula is C43H40N6O2S. The molecule has 2 aromatic heterocycles. The van der Waals surface area contributed by atoms with E-state index >= 15 is 0 Å². The number of hydrogen-bond donors (Lipinski definition) is 0. The Morgan fingerprint density at radius 2 is 1.31 bits per heavy atom. The van der Waals surface area contributed by atoms with Crippen LogP contribution in [0.15, 0.2) is 140 Å². The van der Waals surface area contributed by atoms with E-state index in [0.717, 1.165) is 57.0 Å². The van der Waals surface area contributed by atoms with E-state index < -0.39 is 5.54 Å². The third-order valence-corrected chi connectivity index (χ3v) is 10.3. The molecule has 0 fully saturated rings. The van der Waals surface area contributed by atoms with Crippen LogP contribution in [0.2, 0.25) is 0 Å². The smallest absolute Gasteiger partial charge is 0.350 e. The Labute approximate surface area is 308 Å². The molecule has 0 N–H and O–H groups in total. The summed E-state index contributed by atoms with van der Waals surface area (Å²) >= 11 is 1.39. The maximum atomic E-state index is 12.5. The molecule has 0 saturated heterocycles. The topological polar surface area (TPSA) is 86.0 Å². The maximum Gasteiger partial charge on any atom is 0.350 e. The number of esters is 1. The predicted octanol–water partition coefficient (Wildman–Crippen LogP) is 9.21. The number of hydrogen-bond acceptors (Lipinski definition) is 8. The molecule has 0 aliphatic carbocycles. The molecule has 8 nitrogen and oxygen atoms in total. The van der Waals surface area contributed by atoms with Crippen molar-refractivity contribution in [3.63, 3.8) is 0 Å². The molecule has 7 aromatic rings. The maximum absolute atomic E-state index is 12.5. The Bertz CT molecular complexity index is 2140. The molecule has 9 heteroatoms. The van der Waals surface area contributed by atoms with Gasteiger partial charge in [-0.3, -0.25) is 0 Å². The second kappa shape index (κ2) is 15.5. The minimum atomic E-state index is -0.858.